The average Bonchev–Trinajstić information content (AvgIpc) is 3.36. The minimum atomic E-state index is -0.305. The highest BCUT2D eigenvalue weighted by atomic mass is 16.5. The summed E-state index contributed by atoms with van der Waals surface area (Å²) in [7, 11) is 0. The predicted octanol–water partition coefficient (Wildman–Crippen LogP) is 3.46. The lowest BCUT2D eigenvalue weighted by atomic mass is 10.1. The van der Waals surface area contributed by atoms with E-state index in [1.165, 1.54) is 5.56 Å². The van der Waals surface area contributed by atoms with Crippen molar-refractivity contribution in [2.24, 2.45) is 0 Å². The van der Waals surface area contributed by atoms with Gasteiger partial charge in [-0.05, 0) is 43.4 Å². The summed E-state index contributed by atoms with van der Waals surface area (Å²) in [5.74, 6) is 0.867. The first kappa shape index (κ1) is 17.7. The molecule has 1 N–H and O–H groups in total. The Morgan fingerprint density at radius 2 is 1.96 bits per heavy atom. The molecule has 1 aliphatic rings. The third kappa shape index (κ3) is 4.19. The molecule has 1 saturated heterocycles. The second kappa shape index (κ2) is 8.35. The Morgan fingerprint density at radius 3 is 2.78 bits per heavy atom. The molecule has 140 valence electrons. The number of rotatable bonds is 7. The fourth-order valence-corrected chi connectivity index (χ4v) is 3.66. The third-order valence-corrected chi connectivity index (χ3v) is 5.07. The molecule has 1 atom stereocenters. The number of aryl methyl sites for hydroxylation is 2. The molecule has 5 heteroatoms. The number of ether oxygens (including phenoxy) is 1. The number of hydrogen-bond donors (Lipinski definition) is 1. The van der Waals surface area contributed by atoms with Gasteiger partial charge >= 0.3 is 0 Å². The normalized spacial score (nSPS) is 16.7. The number of fused-ring (bicyclic) bond motifs is 1. The van der Waals surface area contributed by atoms with Gasteiger partial charge in [-0.3, -0.25) is 4.79 Å². The molecule has 0 spiro atoms. The van der Waals surface area contributed by atoms with Crippen LogP contribution in [0.25, 0.3) is 11.0 Å². The molecule has 1 fully saturated rings. The molecule has 1 amide bonds. The van der Waals surface area contributed by atoms with Crippen molar-refractivity contribution in [3.05, 3.63) is 66.0 Å². The van der Waals surface area contributed by atoms with Crippen LogP contribution in [0, 0.1) is 0 Å². The summed E-state index contributed by atoms with van der Waals surface area (Å²) in [6, 6.07) is 18.7. The smallest absolute Gasteiger partial charge is 0.249 e. The van der Waals surface area contributed by atoms with Gasteiger partial charge in [-0.15, -0.1) is 0 Å². The van der Waals surface area contributed by atoms with Crippen LogP contribution in [0.5, 0.6) is 0 Å². The zero-order valence-corrected chi connectivity index (χ0v) is 15.4. The average molecular weight is 363 g/mol. The summed E-state index contributed by atoms with van der Waals surface area (Å²) in [5.41, 5.74) is 3.43. The number of nitrogens with zero attached hydrogens (tertiary/aromatic N) is 2. The fraction of sp³-hybridized carbons (Fsp3) is 0.364. The van der Waals surface area contributed by atoms with Gasteiger partial charge in [0, 0.05) is 13.2 Å². The van der Waals surface area contributed by atoms with Crippen LogP contribution in [0.3, 0.4) is 0 Å². The standard InChI is InChI=1S/C22H25N3O2/c26-22(20-13-7-15-27-20)23-16-21-24-18-11-4-5-12-19(18)25(21)14-6-10-17-8-2-1-3-9-17/h1-5,8-9,11-12,20H,6-7,10,13-16H2,(H,23,26). The van der Waals surface area contributed by atoms with E-state index in [0.29, 0.717) is 13.2 Å². The summed E-state index contributed by atoms with van der Waals surface area (Å²) in [6.07, 6.45) is 3.50. The molecule has 0 saturated carbocycles. The van der Waals surface area contributed by atoms with Crippen LogP contribution in [-0.4, -0.2) is 28.2 Å². The van der Waals surface area contributed by atoms with Crippen LogP contribution in [0.15, 0.2) is 54.6 Å². The second-order valence-corrected chi connectivity index (χ2v) is 6.98. The molecule has 1 aliphatic heterocycles. The number of benzene rings is 2. The first-order valence-corrected chi connectivity index (χ1v) is 9.68. The number of carbonyl (C=O) groups is 1. The number of hydrogen-bond acceptors (Lipinski definition) is 3. The van der Waals surface area contributed by atoms with E-state index in [1.54, 1.807) is 0 Å². The number of imidazole rings is 1. The van der Waals surface area contributed by atoms with E-state index in [-0.39, 0.29) is 12.0 Å². The summed E-state index contributed by atoms with van der Waals surface area (Å²) in [5, 5.41) is 3.00. The van der Waals surface area contributed by atoms with Gasteiger partial charge in [0.15, 0.2) is 0 Å². The summed E-state index contributed by atoms with van der Waals surface area (Å²) >= 11 is 0. The van der Waals surface area contributed by atoms with Crippen molar-refractivity contribution >= 4 is 16.9 Å². The number of carbonyl (C=O) groups excluding carboxylic acids is 1. The lowest BCUT2D eigenvalue weighted by Gasteiger charge is -2.12. The Kier molecular flexibility index (Phi) is 5.49. The molecule has 1 aromatic heterocycles. The minimum Gasteiger partial charge on any atom is -0.368 e. The van der Waals surface area contributed by atoms with E-state index >= 15 is 0 Å². The first-order valence-electron chi connectivity index (χ1n) is 9.68. The largest absolute Gasteiger partial charge is 0.368 e. The van der Waals surface area contributed by atoms with E-state index in [0.717, 1.165) is 49.1 Å². The number of para-hydroxylation sites is 2. The van der Waals surface area contributed by atoms with Gasteiger partial charge < -0.3 is 14.6 Å². The second-order valence-electron chi connectivity index (χ2n) is 6.98. The molecule has 3 aromatic rings. The number of aromatic nitrogens is 2. The zero-order valence-electron chi connectivity index (χ0n) is 15.4. The molecule has 0 radical (unpaired) electrons. The molecule has 27 heavy (non-hydrogen) atoms. The fourth-order valence-electron chi connectivity index (χ4n) is 3.66. The van der Waals surface area contributed by atoms with Crippen LogP contribution >= 0.6 is 0 Å². The lowest BCUT2D eigenvalue weighted by molar-refractivity contribution is -0.130. The highest BCUT2D eigenvalue weighted by Crippen LogP contribution is 2.18. The van der Waals surface area contributed by atoms with Crippen molar-refractivity contribution in [3.63, 3.8) is 0 Å². The maximum Gasteiger partial charge on any atom is 0.249 e. The maximum absolute atomic E-state index is 12.3. The van der Waals surface area contributed by atoms with E-state index in [4.69, 9.17) is 9.72 Å². The van der Waals surface area contributed by atoms with Gasteiger partial charge in [-0.2, -0.15) is 0 Å². The van der Waals surface area contributed by atoms with Crippen LogP contribution in [0.1, 0.15) is 30.7 Å². The summed E-state index contributed by atoms with van der Waals surface area (Å²) in [6.45, 7) is 1.98. The zero-order chi connectivity index (χ0) is 18.5. The van der Waals surface area contributed by atoms with E-state index < -0.39 is 0 Å². The van der Waals surface area contributed by atoms with Crippen molar-refractivity contribution in [1.29, 1.82) is 0 Å². The quantitative estimate of drug-likeness (QED) is 0.699. The van der Waals surface area contributed by atoms with Gasteiger partial charge in [0.25, 0.3) is 0 Å². The Morgan fingerprint density at radius 1 is 1.15 bits per heavy atom. The summed E-state index contributed by atoms with van der Waals surface area (Å²) < 4.78 is 7.70. The van der Waals surface area contributed by atoms with Crippen molar-refractivity contribution in [2.75, 3.05) is 6.61 Å². The molecule has 0 aliphatic carbocycles. The van der Waals surface area contributed by atoms with Crippen molar-refractivity contribution in [1.82, 2.24) is 14.9 Å². The predicted molar refractivity (Wildman–Crippen MR) is 105 cm³/mol. The Balaban J connectivity index is 1.46. The maximum atomic E-state index is 12.3. The van der Waals surface area contributed by atoms with E-state index in [9.17, 15) is 4.79 Å². The van der Waals surface area contributed by atoms with Crippen LogP contribution < -0.4 is 5.32 Å². The van der Waals surface area contributed by atoms with Crippen LogP contribution in [-0.2, 0) is 29.0 Å². The Bertz CT molecular complexity index is 898. The molecule has 5 nitrogen and oxygen atoms in total. The molecule has 2 heterocycles. The van der Waals surface area contributed by atoms with Gasteiger partial charge in [-0.25, -0.2) is 4.98 Å². The number of nitrogens with one attached hydrogen (secondary N) is 1. The lowest BCUT2D eigenvalue weighted by Crippen LogP contribution is -2.34. The Labute approximate surface area is 159 Å². The molecule has 2 aromatic carbocycles. The van der Waals surface area contributed by atoms with E-state index in [1.807, 2.05) is 24.3 Å². The SMILES string of the molecule is O=C(NCc1nc2ccccc2n1CCCc1ccccc1)C1CCCO1. The van der Waals surface area contributed by atoms with Crippen molar-refractivity contribution in [2.45, 2.75) is 44.9 Å². The van der Waals surface area contributed by atoms with E-state index in [2.05, 4.69) is 40.2 Å². The van der Waals surface area contributed by atoms with Gasteiger partial charge in [-0.1, -0.05) is 42.5 Å². The molecule has 1 unspecified atom stereocenters. The topological polar surface area (TPSA) is 56.2 Å². The monoisotopic (exact) mass is 363 g/mol. The third-order valence-electron chi connectivity index (χ3n) is 5.07. The minimum absolute atomic E-state index is 0.0320. The molecule has 0 bridgehead atoms. The highest BCUT2D eigenvalue weighted by Gasteiger charge is 2.23. The molecular weight excluding hydrogens is 338 g/mol. The highest BCUT2D eigenvalue weighted by molar-refractivity contribution is 5.81. The van der Waals surface area contributed by atoms with Crippen molar-refractivity contribution < 1.29 is 9.53 Å². The van der Waals surface area contributed by atoms with Crippen LogP contribution in [0.2, 0.25) is 0 Å². The summed E-state index contributed by atoms with van der Waals surface area (Å²) in [4.78, 5) is 17.0. The first-order chi connectivity index (χ1) is 13.3. The molecule has 4 rings (SSSR count). The van der Waals surface area contributed by atoms with Gasteiger partial charge in [0.2, 0.25) is 5.91 Å². The van der Waals surface area contributed by atoms with Crippen LogP contribution in [0.4, 0.5) is 0 Å². The Hall–Kier alpha value is -2.66. The van der Waals surface area contributed by atoms with Gasteiger partial charge in [0.1, 0.15) is 11.9 Å². The molecular formula is C22H25N3O2. The number of amides is 1. The van der Waals surface area contributed by atoms with Gasteiger partial charge in [0.05, 0.1) is 17.6 Å². The van der Waals surface area contributed by atoms with Crippen molar-refractivity contribution in [3.8, 4) is 0 Å².